The van der Waals surface area contributed by atoms with E-state index in [-0.39, 0.29) is 12.5 Å². The van der Waals surface area contributed by atoms with Gasteiger partial charge in [-0.05, 0) is 24.1 Å². The molecule has 0 bridgehead atoms. The van der Waals surface area contributed by atoms with E-state index in [9.17, 15) is 4.79 Å². The second kappa shape index (κ2) is 6.86. The van der Waals surface area contributed by atoms with Crippen LogP contribution in [-0.4, -0.2) is 24.0 Å². The van der Waals surface area contributed by atoms with E-state index < -0.39 is 0 Å². The molecule has 1 aromatic rings. The molecule has 104 valence electrons. The Labute approximate surface area is 127 Å². The number of carbonyl (C=O) groups excluding carboxylic acids is 1. The molecule has 0 fully saturated rings. The molecule has 0 aromatic heterocycles. The van der Waals surface area contributed by atoms with Gasteiger partial charge in [-0.15, -0.1) is 0 Å². The van der Waals surface area contributed by atoms with Crippen LogP contribution < -0.4 is 16.4 Å². The normalized spacial score (nSPS) is 10.5. The first-order valence-corrected chi connectivity index (χ1v) is 7.14. The second-order valence-corrected chi connectivity index (χ2v) is 6.12. The Hall–Kier alpha value is -1.14. The predicted octanol–water partition coefficient (Wildman–Crippen LogP) is 2.03. The summed E-state index contributed by atoms with van der Waals surface area (Å²) in [6.07, 6.45) is 0. The highest BCUT2D eigenvalue weighted by atomic mass is 79.9. The minimum atomic E-state index is -0.380. The molecule has 6 heteroatoms. The summed E-state index contributed by atoms with van der Waals surface area (Å²) in [4.78, 5) is 13.5. The summed E-state index contributed by atoms with van der Waals surface area (Å²) in [6, 6.07) is 5.62. The van der Waals surface area contributed by atoms with E-state index in [0.717, 1.165) is 15.7 Å². The van der Waals surface area contributed by atoms with E-state index in [2.05, 4.69) is 29.8 Å². The maximum Gasteiger partial charge on any atom is 0.236 e. The number of primary amides is 1. The molecular weight excluding hydrogens is 326 g/mol. The van der Waals surface area contributed by atoms with E-state index in [1.807, 2.05) is 23.1 Å². The standard InChI is InChI=1S/C13H18BrN3OS/c1-8(2)6-17(7-12(15)18)11-5-9(14)3-4-10(11)13(16)19/h3-5,8H,6-7H2,1-2H3,(H2,15,18)(H2,16,19). The Balaban J connectivity index is 3.22. The van der Waals surface area contributed by atoms with Gasteiger partial charge in [0.1, 0.15) is 4.99 Å². The summed E-state index contributed by atoms with van der Waals surface area (Å²) < 4.78 is 0.903. The lowest BCUT2D eigenvalue weighted by Crippen LogP contribution is -2.37. The third-order valence-corrected chi connectivity index (χ3v) is 3.21. The van der Waals surface area contributed by atoms with E-state index in [1.54, 1.807) is 0 Å². The molecule has 0 saturated heterocycles. The van der Waals surface area contributed by atoms with E-state index >= 15 is 0 Å². The molecule has 0 saturated carbocycles. The molecule has 1 aromatic carbocycles. The molecule has 0 atom stereocenters. The highest BCUT2D eigenvalue weighted by Gasteiger charge is 2.16. The summed E-state index contributed by atoms with van der Waals surface area (Å²) >= 11 is 8.48. The molecule has 0 heterocycles. The number of carbonyl (C=O) groups is 1. The number of hydrogen-bond donors (Lipinski definition) is 2. The zero-order valence-electron chi connectivity index (χ0n) is 11.0. The fraction of sp³-hybridized carbons (Fsp3) is 0.385. The van der Waals surface area contributed by atoms with Crippen LogP contribution in [0.15, 0.2) is 22.7 Å². The molecule has 4 nitrogen and oxygen atoms in total. The third kappa shape index (κ3) is 4.80. The van der Waals surface area contributed by atoms with Gasteiger partial charge < -0.3 is 16.4 Å². The molecule has 0 unspecified atom stereocenters. The van der Waals surface area contributed by atoms with Gasteiger partial charge in [-0.1, -0.05) is 42.0 Å². The first-order valence-electron chi connectivity index (χ1n) is 5.94. The number of nitrogens with two attached hydrogens (primary N) is 2. The highest BCUT2D eigenvalue weighted by Crippen LogP contribution is 2.26. The second-order valence-electron chi connectivity index (χ2n) is 4.77. The fourth-order valence-corrected chi connectivity index (χ4v) is 2.37. The van der Waals surface area contributed by atoms with Crippen LogP contribution in [0.3, 0.4) is 0 Å². The number of hydrogen-bond acceptors (Lipinski definition) is 3. The van der Waals surface area contributed by atoms with E-state index in [4.69, 9.17) is 23.7 Å². The van der Waals surface area contributed by atoms with Crippen molar-refractivity contribution in [2.45, 2.75) is 13.8 Å². The van der Waals surface area contributed by atoms with Crippen LogP contribution in [0, 0.1) is 5.92 Å². The largest absolute Gasteiger partial charge is 0.389 e. The maximum atomic E-state index is 11.2. The van der Waals surface area contributed by atoms with Gasteiger partial charge in [0.25, 0.3) is 0 Å². The minimum Gasteiger partial charge on any atom is -0.389 e. The number of halogens is 1. The van der Waals surface area contributed by atoms with Gasteiger partial charge in [0.2, 0.25) is 5.91 Å². The van der Waals surface area contributed by atoms with Crippen molar-refractivity contribution in [2.24, 2.45) is 17.4 Å². The first kappa shape index (κ1) is 15.9. The molecule has 4 N–H and O–H groups in total. The summed E-state index contributed by atoms with van der Waals surface area (Å²) in [6.45, 7) is 5.00. The summed E-state index contributed by atoms with van der Waals surface area (Å²) in [5.41, 5.74) is 12.6. The Morgan fingerprint density at radius 2 is 2.05 bits per heavy atom. The average Bonchev–Trinajstić information content (AvgIpc) is 2.26. The van der Waals surface area contributed by atoms with Crippen molar-refractivity contribution in [3.05, 3.63) is 28.2 Å². The molecule has 0 radical (unpaired) electrons. The van der Waals surface area contributed by atoms with Gasteiger partial charge in [-0.2, -0.15) is 0 Å². The first-order chi connectivity index (χ1) is 8.81. The van der Waals surface area contributed by atoms with E-state index in [0.29, 0.717) is 17.5 Å². The average molecular weight is 344 g/mol. The molecular formula is C13H18BrN3OS. The van der Waals surface area contributed by atoms with Crippen LogP contribution in [0.5, 0.6) is 0 Å². The number of nitrogens with zero attached hydrogens (tertiary/aromatic N) is 1. The minimum absolute atomic E-state index is 0.143. The lowest BCUT2D eigenvalue weighted by molar-refractivity contribution is -0.116. The molecule has 0 aliphatic heterocycles. The molecule has 1 rings (SSSR count). The number of thiocarbonyl (C=S) groups is 1. The number of benzene rings is 1. The van der Waals surface area contributed by atoms with Crippen LogP contribution in [0.4, 0.5) is 5.69 Å². The Morgan fingerprint density at radius 1 is 1.42 bits per heavy atom. The Bertz CT molecular complexity index is 491. The van der Waals surface area contributed by atoms with Gasteiger partial charge in [0, 0.05) is 22.3 Å². The summed E-state index contributed by atoms with van der Waals surface area (Å²) in [5.74, 6) is 0.00652. The van der Waals surface area contributed by atoms with Crippen LogP contribution in [0.25, 0.3) is 0 Å². The number of anilines is 1. The van der Waals surface area contributed by atoms with Crippen molar-refractivity contribution in [2.75, 3.05) is 18.0 Å². The Morgan fingerprint density at radius 3 is 2.53 bits per heavy atom. The van der Waals surface area contributed by atoms with Crippen molar-refractivity contribution >= 4 is 44.7 Å². The van der Waals surface area contributed by atoms with Crippen molar-refractivity contribution in [1.29, 1.82) is 0 Å². The topological polar surface area (TPSA) is 72.3 Å². The lowest BCUT2D eigenvalue weighted by atomic mass is 10.1. The summed E-state index contributed by atoms with van der Waals surface area (Å²) in [5, 5.41) is 0. The lowest BCUT2D eigenvalue weighted by Gasteiger charge is -2.27. The van der Waals surface area contributed by atoms with Crippen molar-refractivity contribution < 1.29 is 4.79 Å². The highest BCUT2D eigenvalue weighted by molar-refractivity contribution is 9.10. The van der Waals surface area contributed by atoms with Crippen LogP contribution in [0.1, 0.15) is 19.4 Å². The zero-order valence-corrected chi connectivity index (χ0v) is 13.4. The van der Waals surface area contributed by atoms with Crippen LogP contribution >= 0.6 is 28.1 Å². The molecule has 0 aliphatic rings. The van der Waals surface area contributed by atoms with Crippen molar-refractivity contribution in [3.63, 3.8) is 0 Å². The number of amides is 1. The van der Waals surface area contributed by atoms with Crippen molar-refractivity contribution in [3.8, 4) is 0 Å². The van der Waals surface area contributed by atoms with Crippen LogP contribution in [0.2, 0.25) is 0 Å². The van der Waals surface area contributed by atoms with Gasteiger partial charge in [-0.3, -0.25) is 4.79 Å². The zero-order chi connectivity index (χ0) is 14.6. The molecule has 19 heavy (non-hydrogen) atoms. The van der Waals surface area contributed by atoms with Gasteiger partial charge >= 0.3 is 0 Å². The Kier molecular flexibility index (Phi) is 5.75. The number of rotatable bonds is 6. The fourth-order valence-electron chi connectivity index (χ4n) is 1.85. The quantitative estimate of drug-likeness (QED) is 0.775. The van der Waals surface area contributed by atoms with Crippen LogP contribution in [-0.2, 0) is 4.79 Å². The maximum absolute atomic E-state index is 11.2. The smallest absolute Gasteiger partial charge is 0.236 e. The summed E-state index contributed by atoms with van der Waals surface area (Å²) in [7, 11) is 0. The van der Waals surface area contributed by atoms with E-state index in [1.165, 1.54) is 0 Å². The van der Waals surface area contributed by atoms with Crippen molar-refractivity contribution in [1.82, 2.24) is 0 Å². The molecule has 0 spiro atoms. The van der Waals surface area contributed by atoms with Gasteiger partial charge in [0.05, 0.1) is 6.54 Å². The monoisotopic (exact) mass is 343 g/mol. The SMILES string of the molecule is CC(C)CN(CC(N)=O)c1cc(Br)ccc1C(N)=S. The van der Waals surface area contributed by atoms with Gasteiger partial charge in [-0.25, -0.2) is 0 Å². The van der Waals surface area contributed by atoms with Gasteiger partial charge in [0.15, 0.2) is 0 Å². The third-order valence-electron chi connectivity index (χ3n) is 2.50. The molecule has 1 amide bonds. The predicted molar refractivity (Wildman–Crippen MR) is 86.3 cm³/mol. The molecule has 0 aliphatic carbocycles.